The van der Waals surface area contributed by atoms with Gasteiger partial charge in [0.1, 0.15) is 16.5 Å². The van der Waals surface area contributed by atoms with Gasteiger partial charge < -0.3 is 10.1 Å². The molecule has 3 heterocycles. The zero-order valence-corrected chi connectivity index (χ0v) is 16.5. The molecule has 7 heteroatoms. The van der Waals surface area contributed by atoms with Crippen LogP contribution in [0.3, 0.4) is 0 Å². The second-order valence-corrected chi connectivity index (χ2v) is 7.21. The fraction of sp³-hybridized carbons (Fsp3) is 0.0909. The van der Waals surface area contributed by atoms with Gasteiger partial charge in [0.15, 0.2) is 0 Å². The number of benzene rings is 1. The Kier molecular flexibility index (Phi) is 5.58. The number of amides is 1. The van der Waals surface area contributed by atoms with E-state index in [-0.39, 0.29) is 12.3 Å². The summed E-state index contributed by atoms with van der Waals surface area (Å²) in [5.41, 5.74) is 3.16. The molecule has 0 aliphatic carbocycles. The molecule has 0 bridgehead atoms. The van der Waals surface area contributed by atoms with Crippen molar-refractivity contribution in [1.82, 2.24) is 15.0 Å². The first-order valence-electron chi connectivity index (χ1n) is 9.01. The number of hydrogen-bond acceptors (Lipinski definition) is 6. The van der Waals surface area contributed by atoms with Crippen LogP contribution in [0.4, 0.5) is 5.69 Å². The molecule has 1 aromatic carbocycles. The summed E-state index contributed by atoms with van der Waals surface area (Å²) in [5, 5.41) is 5.61. The van der Waals surface area contributed by atoms with Crippen molar-refractivity contribution in [1.29, 1.82) is 0 Å². The van der Waals surface area contributed by atoms with Crippen LogP contribution in [0.2, 0.25) is 0 Å². The number of ether oxygens (including phenoxy) is 1. The molecule has 1 amide bonds. The number of anilines is 1. The van der Waals surface area contributed by atoms with Crippen molar-refractivity contribution < 1.29 is 9.53 Å². The normalized spacial score (nSPS) is 10.5. The van der Waals surface area contributed by atoms with Gasteiger partial charge in [0.2, 0.25) is 5.91 Å². The Bertz CT molecular complexity index is 1110. The Morgan fingerprint density at radius 3 is 2.83 bits per heavy atom. The van der Waals surface area contributed by atoms with E-state index in [9.17, 15) is 4.79 Å². The molecule has 4 aromatic rings. The first kappa shape index (κ1) is 18.8. The van der Waals surface area contributed by atoms with Gasteiger partial charge in [-0.3, -0.25) is 14.8 Å². The summed E-state index contributed by atoms with van der Waals surface area (Å²) in [6, 6.07) is 14.9. The smallest absolute Gasteiger partial charge is 0.230 e. The van der Waals surface area contributed by atoms with E-state index in [1.807, 2.05) is 60.8 Å². The summed E-state index contributed by atoms with van der Waals surface area (Å²) < 4.78 is 5.82. The van der Waals surface area contributed by atoms with Crippen LogP contribution >= 0.6 is 11.3 Å². The molecule has 1 N–H and O–H groups in total. The van der Waals surface area contributed by atoms with Gasteiger partial charge >= 0.3 is 0 Å². The quantitative estimate of drug-likeness (QED) is 0.497. The maximum atomic E-state index is 12.4. The van der Waals surface area contributed by atoms with Crippen LogP contribution in [0, 0.1) is 6.92 Å². The number of carbonyl (C=O) groups is 1. The lowest BCUT2D eigenvalue weighted by Gasteiger charge is -2.11. The van der Waals surface area contributed by atoms with E-state index >= 15 is 0 Å². The van der Waals surface area contributed by atoms with E-state index in [0.29, 0.717) is 11.4 Å². The molecular formula is C22H18N4O2S. The van der Waals surface area contributed by atoms with E-state index < -0.39 is 0 Å². The van der Waals surface area contributed by atoms with Gasteiger partial charge in [0.05, 0.1) is 24.0 Å². The van der Waals surface area contributed by atoms with Crippen molar-refractivity contribution in [3.63, 3.8) is 0 Å². The van der Waals surface area contributed by atoms with E-state index in [1.165, 1.54) is 11.3 Å². The monoisotopic (exact) mass is 402 g/mol. The highest BCUT2D eigenvalue weighted by atomic mass is 32.1. The summed E-state index contributed by atoms with van der Waals surface area (Å²) in [5.74, 6) is 1.26. The van der Waals surface area contributed by atoms with Crippen LogP contribution in [-0.4, -0.2) is 20.9 Å². The minimum atomic E-state index is -0.122. The van der Waals surface area contributed by atoms with Crippen LogP contribution in [-0.2, 0) is 11.2 Å². The molecule has 0 saturated heterocycles. The number of pyridine rings is 2. The number of rotatable bonds is 6. The number of aryl methyl sites for hydroxylation is 1. The third kappa shape index (κ3) is 4.83. The van der Waals surface area contributed by atoms with Crippen molar-refractivity contribution in [2.75, 3.05) is 5.32 Å². The van der Waals surface area contributed by atoms with Crippen molar-refractivity contribution in [2.45, 2.75) is 13.3 Å². The van der Waals surface area contributed by atoms with Gasteiger partial charge in [-0.1, -0.05) is 6.07 Å². The molecule has 6 nitrogen and oxygen atoms in total. The fourth-order valence-electron chi connectivity index (χ4n) is 2.74. The Morgan fingerprint density at radius 2 is 2.07 bits per heavy atom. The van der Waals surface area contributed by atoms with E-state index in [4.69, 9.17) is 4.74 Å². The predicted molar refractivity (Wildman–Crippen MR) is 113 cm³/mol. The Balaban J connectivity index is 1.38. The van der Waals surface area contributed by atoms with Crippen LogP contribution in [0.15, 0.2) is 72.5 Å². The topological polar surface area (TPSA) is 77.0 Å². The summed E-state index contributed by atoms with van der Waals surface area (Å²) in [6.45, 7) is 1.93. The summed E-state index contributed by atoms with van der Waals surface area (Å²) in [4.78, 5) is 25.2. The molecule has 144 valence electrons. The predicted octanol–water partition coefficient (Wildman–Crippen LogP) is 4.88. The van der Waals surface area contributed by atoms with Crippen LogP contribution < -0.4 is 10.1 Å². The van der Waals surface area contributed by atoms with Gasteiger partial charge in [-0.2, -0.15) is 0 Å². The molecule has 0 radical (unpaired) electrons. The molecule has 4 rings (SSSR count). The second kappa shape index (κ2) is 8.62. The van der Waals surface area contributed by atoms with Crippen molar-refractivity contribution in [2.24, 2.45) is 0 Å². The maximum Gasteiger partial charge on any atom is 0.230 e. The van der Waals surface area contributed by atoms with Crippen LogP contribution in [0.25, 0.3) is 10.7 Å². The molecular weight excluding hydrogens is 384 g/mol. The Hall–Kier alpha value is -3.58. The van der Waals surface area contributed by atoms with Crippen LogP contribution in [0.1, 0.15) is 11.3 Å². The third-order valence-electron chi connectivity index (χ3n) is 4.10. The molecule has 0 unspecified atom stereocenters. The van der Waals surface area contributed by atoms with Gasteiger partial charge in [0.25, 0.3) is 0 Å². The average Bonchev–Trinajstić information content (AvgIpc) is 3.20. The van der Waals surface area contributed by atoms with E-state index in [0.717, 1.165) is 27.7 Å². The highest BCUT2D eigenvalue weighted by Gasteiger charge is 2.11. The molecule has 0 fully saturated rings. The zero-order valence-electron chi connectivity index (χ0n) is 15.7. The highest BCUT2D eigenvalue weighted by molar-refractivity contribution is 7.13. The van der Waals surface area contributed by atoms with Gasteiger partial charge in [-0.15, -0.1) is 11.3 Å². The number of hydrogen-bond donors (Lipinski definition) is 1. The molecule has 0 aliphatic rings. The minimum Gasteiger partial charge on any atom is -0.455 e. The van der Waals surface area contributed by atoms with E-state index in [2.05, 4.69) is 20.3 Å². The fourth-order valence-corrected chi connectivity index (χ4v) is 3.54. The highest BCUT2D eigenvalue weighted by Crippen LogP contribution is 2.27. The number of nitrogens with one attached hydrogen (secondary N) is 1. The Morgan fingerprint density at radius 1 is 1.14 bits per heavy atom. The molecule has 29 heavy (non-hydrogen) atoms. The third-order valence-corrected chi connectivity index (χ3v) is 5.01. The van der Waals surface area contributed by atoms with Crippen molar-refractivity contribution in [3.05, 3.63) is 83.8 Å². The molecule has 0 aliphatic heterocycles. The minimum absolute atomic E-state index is 0.122. The first-order chi connectivity index (χ1) is 14.2. The van der Waals surface area contributed by atoms with Crippen LogP contribution in [0.5, 0.6) is 11.5 Å². The Labute approximate surface area is 172 Å². The molecule has 0 spiro atoms. The lowest BCUT2D eigenvalue weighted by molar-refractivity contribution is -0.115. The SMILES string of the molecule is Cc1cc(NC(=O)Cc2csc(-c3ccccn3)n2)ccc1Oc1cccnc1. The maximum absolute atomic E-state index is 12.4. The van der Waals surface area contributed by atoms with Gasteiger partial charge in [-0.25, -0.2) is 4.98 Å². The molecule has 0 atom stereocenters. The number of thiazole rings is 1. The number of carbonyl (C=O) groups excluding carboxylic acids is 1. The second-order valence-electron chi connectivity index (χ2n) is 6.35. The molecule has 3 aromatic heterocycles. The number of aromatic nitrogens is 3. The average molecular weight is 402 g/mol. The summed E-state index contributed by atoms with van der Waals surface area (Å²) >= 11 is 1.48. The zero-order chi connectivity index (χ0) is 20.1. The summed E-state index contributed by atoms with van der Waals surface area (Å²) in [6.07, 6.45) is 5.28. The summed E-state index contributed by atoms with van der Waals surface area (Å²) in [7, 11) is 0. The largest absolute Gasteiger partial charge is 0.455 e. The number of nitrogens with zero attached hydrogens (tertiary/aromatic N) is 3. The van der Waals surface area contributed by atoms with E-state index in [1.54, 1.807) is 18.6 Å². The molecule has 0 saturated carbocycles. The standard InChI is InChI=1S/C22H18N4O2S/c1-15-11-16(7-8-20(15)28-18-5-4-9-23-13-18)25-21(27)12-17-14-29-22(26-17)19-6-2-3-10-24-19/h2-11,13-14H,12H2,1H3,(H,25,27). The van der Waals surface area contributed by atoms with Gasteiger partial charge in [-0.05, 0) is 55.0 Å². The van der Waals surface area contributed by atoms with Crippen molar-refractivity contribution >= 4 is 22.9 Å². The first-order valence-corrected chi connectivity index (χ1v) is 9.89. The lowest BCUT2D eigenvalue weighted by atomic mass is 10.2. The van der Waals surface area contributed by atoms with Crippen molar-refractivity contribution in [3.8, 4) is 22.2 Å². The van der Waals surface area contributed by atoms with Gasteiger partial charge in [0, 0.05) is 23.5 Å². The lowest BCUT2D eigenvalue weighted by Crippen LogP contribution is -2.14.